The van der Waals surface area contributed by atoms with Gasteiger partial charge >= 0.3 is 0 Å². The second-order valence-corrected chi connectivity index (χ2v) is 14.5. The second-order valence-electron chi connectivity index (χ2n) is 14.5. The fourth-order valence-electron chi connectivity index (χ4n) is 8.14. The van der Waals surface area contributed by atoms with E-state index in [0.717, 1.165) is 17.1 Å². The lowest BCUT2D eigenvalue weighted by Gasteiger charge is -2.26. The summed E-state index contributed by atoms with van der Waals surface area (Å²) >= 11 is 0. The van der Waals surface area contributed by atoms with Crippen molar-refractivity contribution >= 4 is 35.3 Å². The average molecular weight is 682 g/mol. The molecule has 0 atom stereocenters. The van der Waals surface area contributed by atoms with Crippen molar-refractivity contribution in [2.45, 2.75) is 39.0 Å². The maximum absolute atomic E-state index is 2.40. The highest BCUT2D eigenvalue weighted by molar-refractivity contribution is 5.78. The summed E-state index contributed by atoms with van der Waals surface area (Å²) in [7, 11) is 0. The van der Waals surface area contributed by atoms with E-state index in [4.69, 9.17) is 0 Å². The molecule has 0 heterocycles. The lowest BCUT2D eigenvalue weighted by Crippen LogP contribution is -2.10. The predicted molar refractivity (Wildman–Crippen MR) is 222 cm³/mol. The molecule has 9 rings (SSSR count). The SMILES string of the molecule is Cc1ccc(N(c2ccc(C=Cc3ccc(C=C4CCCCC4)cc3)cc2)c2ccc3c(c2)=c2ccccc2=c2ccccc2=c2ccccc2=3)cc1. The van der Waals surface area contributed by atoms with E-state index >= 15 is 0 Å². The molecule has 1 fully saturated rings. The van der Waals surface area contributed by atoms with Crippen LogP contribution in [0, 0.1) is 48.7 Å². The number of aryl methyl sites for hydroxylation is 1. The van der Waals surface area contributed by atoms with E-state index in [0.29, 0.717) is 0 Å². The summed E-state index contributed by atoms with van der Waals surface area (Å²) in [5, 5.41) is 10.0. The molecule has 0 bridgehead atoms. The van der Waals surface area contributed by atoms with Gasteiger partial charge in [-0.1, -0.05) is 163 Å². The molecule has 1 heteroatoms. The van der Waals surface area contributed by atoms with Crippen LogP contribution in [0.4, 0.5) is 17.1 Å². The normalized spacial score (nSPS) is 13.3. The van der Waals surface area contributed by atoms with Crippen LogP contribution in [0.2, 0.25) is 0 Å². The molecule has 0 amide bonds. The third-order valence-electron chi connectivity index (χ3n) is 10.9. The number of allylic oxidation sites excluding steroid dienone is 1. The van der Waals surface area contributed by atoms with Gasteiger partial charge in [0.05, 0.1) is 0 Å². The van der Waals surface area contributed by atoms with Crippen LogP contribution in [-0.2, 0) is 0 Å². The fourth-order valence-corrected chi connectivity index (χ4v) is 8.14. The van der Waals surface area contributed by atoms with Crippen molar-refractivity contribution in [1.29, 1.82) is 0 Å². The van der Waals surface area contributed by atoms with Crippen LogP contribution in [0.1, 0.15) is 54.4 Å². The lowest BCUT2D eigenvalue weighted by atomic mass is 9.93. The van der Waals surface area contributed by atoms with Crippen molar-refractivity contribution in [3.05, 3.63) is 233 Å². The summed E-state index contributed by atoms with van der Waals surface area (Å²) in [6, 6.07) is 60.3. The predicted octanol–water partition coefficient (Wildman–Crippen LogP) is 13.4. The molecule has 0 spiro atoms. The summed E-state index contributed by atoms with van der Waals surface area (Å²) in [6.45, 7) is 2.15. The molecule has 53 heavy (non-hydrogen) atoms. The van der Waals surface area contributed by atoms with Gasteiger partial charge in [-0.15, -0.1) is 0 Å². The van der Waals surface area contributed by atoms with Crippen molar-refractivity contribution in [1.82, 2.24) is 0 Å². The molecule has 0 aliphatic heterocycles. The number of hydrogen-bond acceptors (Lipinski definition) is 1. The fraction of sp³-hybridized carbons (Fsp3) is 0.115. The largest absolute Gasteiger partial charge is 0.310 e. The van der Waals surface area contributed by atoms with Gasteiger partial charge in [0.2, 0.25) is 0 Å². The zero-order chi connectivity index (χ0) is 35.6. The Bertz CT molecular complexity index is 2890. The van der Waals surface area contributed by atoms with Crippen molar-refractivity contribution in [3.8, 4) is 0 Å². The molecular weight excluding hydrogens is 639 g/mol. The molecule has 2 aliphatic carbocycles. The van der Waals surface area contributed by atoms with Gasteiger partial charge < -0.3 is 4.90 Å². The van der Waals surface area contributed by atoms with Gasteiger partial charge in [-0.2, -0.15) is 0 Å². The summed E-state index contributed by atoms with van der Waals surface area (Å²) < 4.78 is 0. The van der Waals surface area contributed by atoms with E-state index in [-0.39, 0.29) is 0 Å². The van der Waals surface area contributed by atoms with Gasteiger partial charge in [-0.05, 0) is 127 Å². The highest BCUT2D eigenvalue weighted by Gasteiger charge is 2.13. The number of nitrogens with zero attached hydrogens (tertiary/aromatic N) is 1. The Labute approximate surface area is 311 Å². The Kier molecular flexibility index (Phi) is 8.92. The molecule has 0 saturated heterocycles. The zero-order valence-electron chi connectivity index (χ0n) is 30.3. The molecular formula is C52H43N. The summed E-state index contributed by atoms with van der Waals surface area (Å²) in [5.41, 5.74) is 9.92. The first kappa shape index (κ1) is 32.7. The van der Waals surface area contributed by atoms with Crippen LogP contribution in [0.3, 0.4) is 0 Å². The Morgan fingerprint density at radius 2 is 0.774 bits per heavy atom. The molecule has 256 valence electrons. The van der Waals surface area contributed by atoms with Gasteiger partial charge in [0.15, 0.2) is 0 Å². The van der Waals surface area contributed by atoms with E-state index in [1.54, 1.807) is 5.57 Å². The van der Waals surface area contributed by atoms with Gasteiger partial charge in [0.1, 0.15) is 0 Å². The summed E-state index contributed by atoms with van der Waals surface area (Å²) in [5.74, 6) is 0. The summed E-state index contributed by atoms with van der Waals surface area (Å²) in [6.07, 6.45) is 13.4. The minimum Gasteiger partial charge on any atom is -0.310 e. The second kappa shape index (κ2) is 14.4. The van der Waals surface area contributed by atoms with Crippen LogP contribution in [0.5, 0.6) is 0 Å². The zero-order valence-corrected chi connectivity index (χ0v) is 30.3. The minimum atomic E-state index is 1.12. The van der Waals surface area contributed by atoms with Crippen molar-refractivity contribution in [3.63, 3.8) is 0 Å². The minimum absolute atomic E-state index is 1.12. The molecule has 1 saturated carbocycles. The first-order valence-electron chi connectivity index (χ1n) is 19.1. The molecule has 0 N–H and O–H groups in total. The first-order valence-corrected chi connectivity index (χ1v) is 19.1. The van der Waals surface area contributed by atoms with Gasteiger partial charge in [-0.3, -0.25) is 0 Å². The Morgan fingerprint density at radius 1 is 0.377 bits per heavy atom. The highest BCUT2D eigenvalue weighted by atomic mass is 15.1. The van der Waals surface area contributed by atoms with Crippen LogP contribution in [-0.4, -0.2) is 0 Å². The maximum Gasteiger partial charge on any atom is 0.0468 e. The Hall–Kier alpha value is -6.18. The Morgan fingerprint density at radius 3 is 1.28 bits per heavy atom. The number of rotatable bonds is 6. The van der Waals surface area contributed by atoms with Crippen LogP contribution < -0.4 is 4.90 Å². The molecule has 0 radical (unpaired) electrons. The summed E-state index contributed by atoms with van der Waals surface area (Å²) in [4.78, 5) is 2.38. The quantitative estimate of drug-likeness (QED) is 0.158. The van der Waals surface area contributed by atoms with Crippen molar-refractivity contribution in [2.24, 2.45) is 0 Å². The van der Waals surface area contributed by atoms with Crippen molar-refractivity contribution < 1.29 is 0 Å². The third kappa shape index (κ3) is 6.67. The van der Waals surface area contributed by atoms with Crippen LogP contribution in [0.15, 0.2) is 169 Å². The number of fused-ring (bicyclic) bond motifs is 4. The molecule has 1 nitrogen and oxygen atoms in total. The Balaban J connectivity index is 1.15. The highest BCUT2D eigenvalue weighted by Crippen LogP contribution is 2.35. The number of anilines is 3. The number of hydrogen-bond donors (Lipinski definition) is 0. The molecule has 0 unspecified atom stereocenters. The molecule has 7 aromatic carbocycles. The van der Waals surface area contributed by atoms with E-state index in [2.05, 4.69) is 194 Å². The molecule has 7 aromatic rings. The van der Waals surface area contributed by atoms with Gasteiger partial charge in [-0.25, -0.2) is 0 Å². The monoisotopic (exact) mass is 681 g/mol. The lowest BCUT2D eigenvalue weighted by molar-refractivity contribution is 0.602. The van der Waals surface area contributed by atoms with Crippen LogP contribution >= 0.6 is 0 Å². The maximum atomic E-state index is 2.40. The smallest absolute Gasteiger partial charge is 0.0468 e. The molecule has 2 aliphatic rings. The van der Waals surface area contributed by atoms with Gasteiger partial charge in [0, 0.05) is 17.1 Å². The van der Waals surface area contributed by atoms with Crippen LogP contribution in [0.25, 0.3) is 18.2 Å². The van der Waals surface area contributed by atoms with E-state index in [1.165, 1.54) is 96.1 Å². The van der Waals surface area contributed by atoms with Gasteiger partial charge in [0.25, 0.3) is 0 Å². The average Bonchev–Trinajstić information content (AvgIpc) is 3.22. The third-order valence-corrected chi connectivity index (χ3v) is 10.9. The van der Waals surface area contributed by atoms with E-state index < -0.39 is 0 Å². The standard InChI is InChI=1S/C52H43N/c1-37-19-29-42(30-20-37)53(43-31-27-39(28-32-43)22-21-38-23-25-41(26-24-38)35-40-11-3-2-4-12-40)44-33-34-51-49-17-8-7-15-47(49)45-13-5-6-14-46(45)48-16-9-10-18-50(48)52(51)36-44/h5-10,13-36H,2-4,11-12H2,1H3. The topological polar surface area (TPSA) is 3.24 Å². The first-order chi connectivity index (χ1) is 26.2. The molecule has 0 aromatic heterocycles. The van der Waals surface area contributed by atoms with E-state index in [9.17, 15) is 0 Å². The van der Waals surface area contributed by atoms with Crippen molar-refractivity contribution in [2.75, 3.05) is 4.90 Å². The number of benzene rings is 7. The van der Waals surface area contributed by atoms with E-state index in [1.807, 2.05) is 0 Å².